The zero-order valence-corrected chi connectivity index (χ0v) is 12.4. The number of aliphatic hydroxyl groups is 1. The predicted molar refractivity (Wildman–Crippen MR) is 81.4 cm³/mol. The number of carbonyl (C=O) groups excluding carboxylic acids is 1. The Balaban J connectivity index is 2.00. The second-order valence-electron chi connectivity index (χ2n) is 4.49. The van der Waals surface area contributed by atoms with Gasteiger partial charge in [0.2, 0.25) is 0 Å². The highest BCUT2D eigenvalue weighted by atomic mass is 35.5. The summed E-state index contributed by atoms with van der Waals surface area (Å²) in [4.78, 5) is 11.9. The third-order valence-electron chi connectivity index (χ3n) is 2.85. The SMILES string of the molecule is O=C(NCc1ccc(O)cc1)C(O)c1cc(Cl)cc(Cl)c1. The van der Waals surface area contributed by atoms with Gasteiger partial charge in [-0.2, -0.15) is 0 Å². The lowest BCUT2D eigenvalue weighted by molar-refractivity contribution is -0.129. The molecule has 0 heterocycles. The fourth-order valence-electron chi connectivity index (χ4n) is 1.78. The Hall–Kier alpha value is -1.75. The second kappa shape index (κ2) is 6.80. The first-order chi connectivity index (χ1) is 9.95. The molecular weight excluding hydrogens is 313 g/mol. The molecular formula is C15H13Cl2NO3. The highest BCUT2D eigenvalue weighted by Crippen LogP contribution is 2.23. The molecule has 2 rings (SSSR count). The van der Waals surface area contributed by atoms with Crippen molar-refractivity contribution in [1.29, 1.82) is 0 Å². The molecule has 1 unspecified atom stereocenters. The largest absolute Gasteiger partial charge is 0.508 e. The van der Waals surface area contributed by atoms with E-state index in [0.717, 1.165) is 5.56 Å². The molecule has 110 valence electrons. The van der Waals surface area contributed by atoms with Gasteiger partial charge < -0.3 is 15.5 Å². The Kier molecular flexibility index (Phi) is 5.07. The minimum Gasteiger partial charge on any atom is -0.508 e. The number of aromatic hydroxyl groups is 1. The zero-order chi connectivity index (χ0) is 15.4. The highest BCUT2D eigenvalue weighted by molar-refractivity contribution is 6.34. The molecule has 0 aliphatic carbocycles. The minimum atomic E-state index is -1.35. The van der Waals surface area contributed by atoms with Crippen LogP contribution in [0.1, 0.15) is 17.2 Å². The van der Waals surface area contributed by atoms with Gasteiger partial charge >= 0.3 is 0 Å². The van der Waals surface area contributed by atoms with E-state index in [9.17, 15) is 15.0 Å². The molecule has 6 heteroatoms. The van der Waals surface area contributed by atoms with Crippen molar-refractivity contribution in [1.82, 2.24) is 5.32 Å². The second-order valence-corrected chi connectivity index (χ2v) is 5.36. The first kappa shape index (κ1) is 15.6. The lowest BCUT2D eigenvalue weighted by atomic mass is 10.1. The Morgan fingerprint density at radius 2 is 1.67 bits per heavy atom. The summed E-state index contributed by atoms with van der Waals surface area (Å²) in [7, 11) is 0. The van der Waals surface area contributed by atoms with Crippen molar-refractivity contribution in [2.75, 3.05) is 0 Å². The van der Waals surface area contributed by atoms with Gasteiger partial charge in [0, 0.05) is 16.6 Å². The molecule has 1 amide bonds. The molecule has 0 spiro atoms. The van der Waals surface area contributed by atoms with Gasteiger partial charge in [-0.05, 0) is 41.5 Å². The molecule has 3 N–H and O–H groups in total. The lowest BCUT2D eigenvalue weighted by Gasteiger charge is -2.12. The Morgan fingerprint density at radius 1 is 1.10 bits per heavy atom. The molecule has 0 radical (unpaired) electrons. The van der Waals surface area contributed by atoms with E-state index in [1.165, 1.54) is 30.3 Å². The molecule has 2 aromatic carbocycles. The van der Waals surface area contributed by atoms with E-state index in [1.807, 2.05) is 0 Å². The van der Waals surface area contributed by atoms with Gasteiger partial charge in [-0.15, -0.1) is 0 Å². The van der Waals surface area contributed by atoms with Crippen LogP contribution in [0.3, 0.4) is 0 Å². The number of phenols is 1. The van der Waals surface area contributed by atoms with Crippen LogP contribution in [0.2, 0.25) is 10.0 Å². The third-order valence-corrected chi connectivity index (χ3v) is 3.29. The summed E-state index contributed by atoms with van der Waals surface area (Å²) < 4.78 is 0. The smallest absolute Gasteiger partial charge is 0.253 e. The normalized spacial score (nSPS) is 12.0. The molecule has 0 fully saturated rings. The summed E-state index contributed by atoms with van der Waals surface area (Å²) in [5.74, 6) is -0.403. The van der Waals surface area contributed by atoms with E-state index in [4.69, 9.17) is 23.2 Å². The number of nitrogens with one attached hydrogen (secondary N) is 1. The zero-order valence-electron chi connectivity index (χ0n) is 10.9. The van der Waals surface area contributed by atoms with Crippen LogP contribution in [0.5, 0.6) is 5.75 Å². The third kappa shape index (κ3) is 4.36. The fourth-order valence-corrected chi connectivity index (χ4v) is 2.33. The Bertz CT molecular complexity index is 624. The van der Waals surface area contributed by atoms with E-state index in [2.05, 4.69) is 5.32 Å². The maximum absolute atomic E-state index is 11.9. The molecule has 0 bridgehead atoms. The number of hydrogen-bond acceptors (Lipinski definition) is 3. The van der Waals surface area contributed by atoms with Crippen LogP contribution in [-0.4, -0.2) is 16.1 Å². The maximum Gasteiger partial charge on any atom is 0.253 e. The van der Waals surface area contributed by atoms with Crippen molar-refractivity contribution < 1.29 is 15.0 Å². The van der Waals surface area contributed by atoms with Gasteiger partial charge in [0.25, 0.3) is 5.91 Å². The molecule has 0 aromatic heterocycles. The summed E-state index contributed by atoms with van der Waals surface area (Å²) in [5.41, 5.74) is 1.13. The van der Waals surface area contributed by atoms with Gasteiger partial charge in [-0.1, -0.05) is 35.3 Å². The number of carbonyl (C=O) groups is 1. The van der Waals surface area contributed by atoms with Crippen LogP contribution in [-0.2, 0) is 11.3 Å². The number of amides is 1. The van der Waals surface area contributed by atoms with Crippen LogP contribution in [0.4, 0.5) is 0 Å². The van der Waals surface area contributed by atoms with Crippen LogP contribution in [0, 0.1) is 0 Å². The van der Waals surface area contributed by atoms with Crippen molar-refractivity contribution in [2.45, 2.75) is 12.6 Å². The van der Waals surface area contributed by atoms with Crippen LogP contribution in [0.25, 0.3) is 0 Å². The molecule has 0 aliphatic rings. The van der Waals surface area contributed by atoms with Crippen molar-refractivity contribution in [3.63, 3.8) is 0 Å². The number of benzene rings is 2. The molecule has 4 nitrogen and oxygen atoms in total. The predicted octanol–water partition coefficient (Wildman–Crippen LogP) is 3.05. The number of rotatable bonds is 4. The summed E-state index contributed by atoms with van der Waals surface area (Å²) in [6, 6.07) is 10.9. The summed E-state index contributed by atoms with van der Waals surface area (Å²) in [5, 5.41) is 22.5. The quantitative estimate of drug-likeness (QED) is 0.809. The van der Waals surface area contributed by atoms with Crippen LogP contribution >= 0.6 is 23.2 Å². The highest BCUT2D eigenvalue weighted by Gasteiger charge is 2.18. The van der Waals surface area contributed by atoms with Gasteiger partial charge in [0.15, 0.2) is 6.10 Å². The molecule has 1 atom stereocenters. The van der Waals surface area contributed by atoms with Gasteiger partial charge in [-0.25, -0.2) is 0 Å². The first-order valence-corrected chi connectivity index (χ1v) is 6.91. The summed E-state index contributed by atoms with van der Waals surface area (Å²) in [6.45, 7) is 0.241. The average molecular weight is 326 g/mol. The van der Waals surface area contributed by atoms with E-state index in [0.29, 0.717) is 15.6 Å². The van der Waals surface area contributed by atoms with Crippen LogP contribution in [0.15, 0.2) is 42.5 Å². The number of hydrogen-bond donors (Lipinski definition) is 3. The van der Waals surface area contributed by atoms with E-state index < -0.39 is 12.0 Å². The number of aliphatic hydroxyl groups excluding tert-OH is 1. The average Bonchev–Trinajstić information content (AvgIpc) is 2.44. The summed E-state index contributed by atoms with van der Waals surface area (Å²) >= 11 is 11.7. The number of halogens is 2. The Morgan fingerprint density at radius 3 is 2.24 bits per heavy atom. The molecule has 0 saturated carbocycles. The molecule has 21 heavy (non-hydrogen) atoms. The van der Waals surface area contributed by atoms with Gasteiger partial charge in [0.05, 0.1) is 0 Å². The van der Waals surface area contributed by atoms with Crippen LogP contribution < -0.4 is 5.32 Å². The monoisotopic (exact) mass is 325 g/mol. The molecule has 2 aromatic rings. The molecule has 0 saturated heterocycles. The van der Waals surface area contributed by atoms with Gasteiger partial charge in [-0.3, -0.25) is 4.79 Å². The van der Waals surface area contributed by atoms with E-state index >= 15 is 0 Å². The molecule has 0 aliphatic heterocycles. The standard InChI is InChI=1S/C15H13Cl2NO3/c16-11-5-10(6-12(17)7-11)14(20)15(21)18-8-9-1-3-13(19)4-2-9/h1-7,14,19-20H,8H2,(H,18,21). The maximum atomic E-state index is 11.9. The number of phenolic OH excluding ortho intramolecular Hbond substituents is 1. The minimum absolute atomic E-state index is 0.152. The summed E-state index contributed by atoms with van der Waals surface area (Å²) in [6.07, 6.45) is -1.35. The van der Waals surface area contributed by atoms with Crippen molar-refractivity contribution >= 4 is 29.1 Å². The van der Waals surface area contributed by atoms with E-state index in [-0.39, 0.29) is 12.3 Å². The lowest BCUT2D eigenvalue weighted by Crippen LogP contribution is -2.28. The van der Waals surface area contributed by atoms with E-state index in [1.54, 1.807) is 12.1 Å². The van der Waals surface area contributed by atoms with Crippen molar-refractivity contribution in [3.8, 4) is 5.75 Å². The topological polar surface area (TPSA) is 69.6 Å². The van der Waals surface area contributed by atoms with Crippen molar-refractivity contribution in [3.05, 3.63) is 63.6 Å². The van der Waals surface area contributed by atoms with Crippen molar-refractivity contribution in [2.24, 2.45) is 0 Å². The van der Waals surface area contributed by atoms with Gasteiger partial charge in [0.1, 0.15) is 5.75 Å². The first-order valence-electron chi connectivity index (χ1n) is 6.15. The fraction of sp³-hybridized carbons (Fsp3) is 0.133. The Labute approximate surface area is 131 Å².